The molecular weight excluding hydrogens is 824 g/mol. The lowest BCUT2D eigenvalue weighted by molar-refractivity contribution is 0.332. The van der Waals surface area contributed by atoms with Crippen LogP contribution >= 0.6 is 11.3 Å². The summed E-state index contributed by atoms with van der Waals surface area (Å²) in [5.41, 5.74) is 19.0. The van der Waals surface area contributed by atoms with Crippen LogP contribution in [-0.2, 0) is 21.7 Å². The van der Waals surface area contributed by atoms with Gasteiger partial charge in [0.15, 0.2) is 0 Å². The molecule has 11 aromatic rings. The first kappa shape index (κ1) is 39.0. The van der Waals surface area contributed by atoms with Crippen LogP contribution in [0.3, 0.4) is 0 Å². The summed E-state index contributed by atoms with van der Waals surface area (Å²) in [5.74, 6) is 0. The molecule has 0 N–H and O–H groups in total. The average molecular weight is 877 g/mol. The second-order valence-corrected chi connectivity index (χ2v) is 24.3. The van der Waals surface area contributed by atoms with Crippen LogP contribution in [0.4, 0.5) is 11.4 Å². The van der Waals surface area contributed by atoms with Crippen LogP contribution in [0.1, 0.15) is 104 Å². The smallest absolute Gasteiger partial charge is 0.375 e. The summed E-state index contributed by atoms with van der Waals surface area (Å²) < 4.78 is 19.6. The Balaban J connectivity index is 1.14. The minimum absolute atomic E-state index is 0.0159. The van der Waals surface area contributed by atoms with Gasteiger partial charge in [0.1, 0.15) is 22.4 Å². The van der Waals surface area contributed by atoms with Gasteiger partial charge in [-0.25, -0.2) is 0 Å². The molecule has 4 nitrogen and oxygen atoms in total. The van der Waals surface area contributed by atoms with E-state index in [1.165, 1.54) is 91.9 Å². The minimum Gasteiger partial charge on any atom is -0.466 e. The van der Waals surface area contributed by atoms with Crippen LogP contribution in [0.2, 0.25) is 0 Å². The van der Waals surface area contributed by atoms with E-state index in [2.05, 4.69) is 194 Å². The lowest BCUT2D eigenvalue weighted by atomic mass is 9.46. The molecule has 0 atom stereocenters. The van der Waals surface area contributed by atoms with E-state index in [1.54, 1.807) is 0 Å². The number of anilines is 2. The van der Waals surface area contributed by atoms with Crippen LogP contribution < -0.4 is 15.9 Å². The third kappa shape index (κ3) is 5.06. The number of benzene rings is 7. The normalized spacial score (nSPS) is 16.4. The summed E-state index contributed by atoms with van der Waals surface area (Å²) in [7, 11) is 0. The summed E-state index contributed by atoms with van der Waals surface area (Å²) in [6.07, 6.45) is 2.33. The van der Waals surface area contributed by atoms with Gasteiger partial charge in [-0.15, -0.1) is 11.3 Å². The zero-order valence-electron chi connectivity index (χ0n) is 39.6. The van der Waals surface area contributed by atoms with Gasteiger partial charge in [0, 0.05) is 64.0 Å². The minimum atomic E-state index is -0.237. The SMILES string of the molecule is CC(C)(C)c1ccc(N2B3c4oc5ccc(C(C)(C)C)cc5c4-n4c5cc6c(cc5c5ccc(c3c54)-c3cc4oc5cc7c(cc5c4cc32)C(C)(C)CCC7(C)C)sc2ccccc26)cc1. The highest BCUT2D eigenvalue weighted by Crippen LogP contribution is 2.52. The van der Waals surface area contributed by atoms with Crippen LogP contribution in [0.25, 0.3) is 91.7 Å². The highest BCUT2D eigenvalue weighted by atomic mass is 32.1. The number of hydrogen-bond donors (Lipinski definition) is 0. The van der Waals surface area contributed by atoms with E-state index in [1.807, 2.05) is 11.3 Å². The number of nitrogens with zero attached hydrogens (tertiary/aromatic N) is 2. The molecule has 0 unspecified atom stereocenters. The van der Waals surface area contributed by atoms with Crippen molar-refractivity contribution in [3.8, 4) is 16.8 Å². The van der Waals surface area contributed by atoms with Crippen molar-refractivity contribution in [3.05, 3.63) is 138 Å². The van der Waals surface area contributed by atoms with Crippen LogP contribution in [0.15, 0.2) is 124 Å². The molecule has 1 aliphatic carbocycles. The van der Waals surface area contributed by atoms with Crippen LogP contribution in [-0.4, -0.2) is 11.4 Å². The van der Waals surface area contributed by atoms with Crippen molar-refractivity contribution in [1.82, 2.24) is 4.57 Å². The number of furan rings is 2. The number of rotatable bonds is 1. The Hall–Kier alpha value is -6.24. The third-order valence-electron chi connectivity index (χ3n) is 16.1. The maximum absolute atomic E-state index is 7.41. The molecule has 324 valence electrons. The molecule has 0 saturated carbocycles. The molecule has 0 bridgehead atoms. The van der Waals surface area contributed by atoms with Crippen molar-refractivity contribution < 1.29 is 8.83 Å². The van der Waals surface area contributed by atoms with Gasteiger partial charge in [-0.1, -0.05) is 118 Å². The molecule has 3 aliphatic rings. The molecule has 0 fully saturated rings. The van der Waals surface area contributed by atoms with Gasteiger partial charge in [-0.2, -0.15) is 0 Å². The lowest BCUT2D eigenvalue weighted by Gasteiger charge is -2.41. The summed E-state index contributed by atoms with van der Waals surface area (Å²) >= 11 is 1.89. The van der Waals surface area contributed by atoms with E-state index in [4.69, 9.17) is 8.83 Å². The van der Waals surface area contributed by atoms with Crippen molar-refractivity contribution in [2.75, 3.05) is 4.81 Å². The molecule has 6 heteroatoms. The van der Waals surface area contributed by atoms with Gasteiger partial charge in [0.05, 0.1) is 16.7 Å². The summed E-state index contributed by atoms with van der Waals surface area (Å²) in [5, 5.41) is 8.65. The quantitative estimate of drug-likeness (QED) is 0.154. The van der Waals surface area contributed by atoms with Crippen molar-refractivity contribution in [3.63, 3.8) is 0 Å². The van der Waals surface area contributed by atoms with Gasteiger partial charge in [-0.05, 0) is 135 Å². The molecular formula is C60H53BN2O2S. The molecule has 0 spiro atoms. The van der Waals surface area contributed by atoms with Crippen molar-refractivity contribution in [1.29, 1.82) is 0 Å². The van der Waals surface area contributed by atoms with Crippen LogP contribution in [0.5, 0.6) is 0 Å². The fourth-order valence-electron chi connectivity index (χ4n) is 12.3. The molecule has 0 saturated heterocycles. The van der Waals surface area contributed by atoms with Gasteiger partial charge in [0.25, 0.3) is 0 Å². The van der Waals surface area contributed by atoms with E-state index < -0.39 is 0 Å². The van der Waals surface area contributed by atoms with Crippen LogP contribution in [0, 0.1) is 0 Å². The Bertz CT molecular complexity index is 3970. The molecule has 2 aliphatic heterocycles. The number of fused-ring (bicyclic) bond motifs is 17. The highest BCUT2D eigenvalue weighted by Gasteiger charge is 2.48. The molecule has 0 radical (unpaired) electrons. The lowest BCUT2D eigenvalue weighted by Crippen LogP contribution is -2.60. The van der Waals surface area contributed by atoms with Crippen molar-refractivity contribution in [2.24, 2.45) is 0 Å². The second kappa shape index (κ2) is 12.4. The first-order valence-electron chi connectivity index (χ1n) is 23.9. The topological polar surface area (TPSA) is 34.5 Å². The molecule has 66 heavy (non-hydrogen) atoms. The molecule has 7 aromatic carbocycles. The maximum Gasteiger partial charge on any atom is 0.375 e. The molecule has 4 aromatic heterocycles. The van der Waals surface area contributed by atoms with E-state index >= 15 is 0 Å². The van der Waals surface area contributed by atoms with Crippen molar-refractivity contribution in [2.45, 2.75) is 104 Å². The molecule has 14 rings (SSSR count). The first-order chi connectivity index (χ1) is 31.4. The third-order valence-corrected chi connectivity index (χ3v) is 17.3. The molecule has 6 heterocycles. The van der Waals surface area contributed by atoms with Gasteiger partial charge < -0.3 is 18.2 Å². The zero-order chi connectivity index (χ0) is 45.1. The second-order valence-electron chi connectivity index (χ2n) is 23.2. The Morgan fingerprint density at radius 2 is 1.24 bits per heavy atom. The predicted octanol–water partition coefficient (Wildman–Crippen LogP) is 16.0. The highest BCUT2D eigenvalue weighted by molar-refractivity contribution is 7.25. The summed E-state index contributed by atoms with van der Waals surface area (Å²) in [6.45, 7) is 23.2. The number of aromatic nitrogens is 1. The predicted molar refractivity (Wildman–Crippen MR) is 282 cm³/mol. The molecule has 0 amide bonds. The maximum atomic E-state index is 7.41. The zero-order valence-corrected chi connectivity index (χ0v) is 40.4. The van der Waals surface area contributed by atoms with E-state index in [0.717, 1.165) is 57.4 Å². The van der Waals surface area contributed by atoms with E-state index in [-0.39, 0.29) is 28.5 Å². The van der Waals surface area contributed by atoms with Gasteiger partial charge >= 0.3 is 6.85 Å². The fraction of sp³-hybridized carbons (Fsp3) is 0.267. The van der Waals surface area contributed by atoms with Gasteiger partial charge in [-0.3, -0.25) is 0 Å². The fourth-order valence-corrected chi connectivity index (χ4v) is 13.4. The number of thiophene rings is 1. The Morgan fingerprint density at radius 3 is 2.00 bits per heavy atom. The standard InChI is InChI=1S/C60H53BN2O2S/c1-57(2,3)32-15-18-34(19-16-32)63-47-27-41-40-26-44-45(60(9,10)24-23-59(44,7)8)31-50(40)64-49(41)29-38(47)36-20-21-37-39-30-52-42(35-13-11-12-14-51(35)66-52)28-46(39)62-54(37)53(36)61(63)56-55(62)43-25-33(58(4,5)6)17-22-48(43)65-56/h11-22,25-31H,23-24H2,1-10H3. The average Bonchev–Trinajstić information content (AvgIpc) is 4.03. The van der Waals surface area contributed by atoms with Crippen molar-refractivity contribution >= 4 is 116 Å². The first-order valence-corrected chi connectivity index (χ1v) is 24.7. The summed E-state index contributed by atoms with van der Waals surface area (Å²) in [6, 6.07) is 44.5. The van der Waals surface area contributed by atoms with Gasteiger partial charge in [0.2, 0.25) is 0 Å². The monoisotopic (exact) mass is 876 g/mol. The Labute approximate surface area is 389 Å². The number of hydrogen-bond acceptors (Lipinski definition) is 4. The Morgan fingerprint density at radius 1 is 0.545 bits per heavy atom. The Kier molecular flexibility index (Phi) is 7.32. The summed E-state index contributed by atoms with van der Waals surface area (Å²) in [4.78, 5) is 2.60. The van der Waals surface area contributed by atoms with E-state index in [0.29, 0.717) is 0 Å². The largest absolute Gasteiger partial charge is 0.466 e. The van der Waals surface area contributed by atoms with E-state index in [9.17, 15) is 0 Å².